The van der Waals surface area contributed by atoms with Crippen molar-refractivity contribution in [1.82, 2.24) is 15.1 Å². The molecule has 23 heavy (non-hydrogen) atoms. The van der Waals surface area contributed by atoms with E-state index in [2.05, 4.69) is 17.1 Å². The fourth-order valence-corrected chi connectivity index (χ4v) is 3.62. The average molecular weight is 319 g/mol. The predicted octanol–water partition coefficient (Wildman–Crippen LogP) is 1.51. The third kappa shape index (κ3) is 4.09. The second-order valence-electron chi connectivity index (χ2n) is 7.16. The number of benzene rings is 1. The molecule has 0 spiro atoms. The molecule has 0 aliphatic carbocycles. The van der Waals surface area contributed by atoms with Gasteiger partial charge in [0, 0.05) is 39.3 Å². The number of carbonyl (C=O) groups excluding carboxylic acids is 1. The lowest BCUT2D eigenvalue weighted by atomic mass is 9.89. The first-order valence-corrected chi connectivity index (χ1v) is 8.50. The molecule has 2 heterocycles. The van der Waals surface area contributed by atoms with Crippen LogP contribution in [0.1, 0.15) is 18.9 Å². The Balaban J connectivity index is 1.48. The molecule has 5 heteroatoms. The number of nitrogens with one attached hydrogen (secondary N) is 1. The highest BCUT2D eigenvalue weighted by Crippen LogP contribution is 2.26. The van der Waals surface area contributed by atoms with Crippen molar-refractivity contribution in [2.45, 2.75) is 19.8 Å². The van der Waals surface area contributed by atoms with Gasteiger partial charge in [0.2, 0.25) is 5.91 Å². The standard InChI is InChI=1S/C18H26FN3O/c1-18(6-7-20-13-18)14-21-8-10-22(11-9-21)17(23)12-15-4-2-3-5-16(15)19/h2-5,20H,6-14H2,1H3. The van der Waals surface area contributed by atoms with Crippen LogP contribution in [0.4, 0.5) is 4.39 Å². The molecule has 1 aromatic rings. The van der Waals surface area contributed by atoms with Gasteiger partial charge in [-0.05, 0) is 30.0 Å². The molecule has 1 amide bonds. The van der Waals surface area contributed by atoms with Crippen LogP contribution in [0.15, 0.2) is 24.3 Å². The molecular weight excluding hydrogens is 293 g/mol. The fraction of sp³-hybridized carbons (Fsp3) is 0.611. The normalized spacial score (nSPS) is 25.7. The Morgan fingerprint density at radius 2 is 2.00 bits per heavy atom. The van der Waals surface area contributed by atoms with Gasteiger partial charge >= 0.3 is 0 Å². The highest BCUT2D eigenvalue weighted by Gasteiger charge is 2.32. The highest BCUT2D eigenvalue weighted by molar-refractivity contribution is 5.79. The second-order valence-corrected chi connectivity index (χ2v) is 7.16. The molecule has 1 aromatic carbocycles. The van der Waals surface area contributed by atoms with E-state index in [-0.39, 0.29) is 18.1 Å². The van der Waals surface area contributed by atoms with Crippen molar-refractivity contribution in [3.63, 3.8) is 0 Å². The van der Waals surface area contributed by atoms with E-state index in [1.54, 1.807) is 18.2 Å². The lowest BCUT2D eigenvalue weighted by Crippen LogP contribution is -2.51. The molecule has 126 valence electrons. The van der Waals surface area contributed by atoms with Gasteiger partial charge in [0.25, 0.3) is 0 Å². The van der Waals surface area contributed by atoms with Crippen molar-refractivity contribution < 1.29 is 9.18 Å². The minimum Gasteiger partial charge on any atom is -0.340 e. The van der Waals surface area contributed by atoms with E-state index >= 15 is 0 Å². The Bertz CT molecular complexity index is 549. The van der Waals surface area contributed by atoms with Crippen LogP contribution in [0, 0.1) is 11.2 Å². The van der Waals surface area contributed by atoms with Crippen LogP contribution in [0.5, 0.6) is 0 Å². The number of halogens is 1. The lowest BCUT2D eigenvalue weighted by Gasteiger charge is -2.38. The monoisotopic (exact) mass is 319 g/mol. The largest absolute Gasteiger partial charge is 0.340 e. The summed E-state index contributed by atoms with van der Waals surface area (Å²) in [6.07, 6.45) is 1.38. The smallest absolute Gasteiger partial charge is 0.227 e. The number of rotatable bonds is 4. The minimum atomic E-state index is -0.291. The molecule has 3 rings (SSSR count). The Morgan fingerprint density at radius 1 is 1.26 bits per heavy atom. The molecule has 1 unspecified atom stereocenters. The number of piperazine rings is 1. The van der Waals surface area contributed by atoms with Gasteiger partial charge in [-0.15, -0.1) is 0 Å². The zero-order valence-electron chi connectivity index (χ0n) is 13.9. The molecule has 0 aromatic heterocycles. The molecule has 0 bridgehead atoms. The van der Waals surface area contributed by atoms with Gasteiger partial charge in [-0.1, -0.05) is 25.1 Å². The number of carbonyl (C=O) groups is 1. The minimum absolute atomic E-state index is 0.0310. The van der Waals surface area contributed by atoms with Crippen molar-refractivity contribution >= 4 is 5.91 Å². The average Bonchev–Trinajstić information content (AvgIpc) is 2.96. The van der Waals surface area contributed by atoms with Crippen molar-refractivity contribution in [2.75, 3.05) is 45.8 Å². The lowest BCUT2D eigenvalue weighted by molar-refractivity contribution is -0.132. The molecule has 1 N–H and O–H groups in total. The summed E-state index contributed by atoms with van der Waals surface area (Å²) >= 11 is 0. The van der Waals surface area contributed by atoms with Crippen LogP contribution in [-0.4, -0.2) is 61.5 Å². The molecule has 0 saturated carbocycles. The van der Waals surface area contributed by atoms with E-state index in [1.807, 2.05) is 4.90 Å². The Kier molecular flexibility index (Phi) is 4.97. The third-order valence-electron chi connectivity index (χ3n) is 5.09. The molecule has 1 atom stereocenters. The first-order valence-electron chi connectivity index (χ1n) is 8.50. The number of amides is 1. The highest BCUT2D eigenvalue weighted by atomic mass is 19.1. The van der Waals surface area contributed by atoms with Gasteiger partial charge in [0.05, 0.1) is 6.42 Å². The van der Waals surface area contributed by atoms with Crippen LogP contribution in [0.25, 0.3) is 0 Å². The quantitative estimate of drug-likeness (QED) is 0.914. The Labute approximate surface area is 137 Å². The maximum atomic E-state index is 13.7. The number of hydrogen-bond donors (Lipinski definition) is 1. The second kappa shape index (κ2) is 6.97. The van der Waals surface area contributed by atoms with Crippen LogP contribution in [0.2, 0.25) is 0 Å². The SMILES string of the molecule is CC1(CN2CCN(C(=O)Cc3ccccc3F)CC2)CCNC1. The van der Waals surface area contributed by atoms with Gasteiger partial charge in [-0.25, -0.2) is 4.39 Å². The summed E-state index contributed by atoms with van der Waals surface area (Å²) in [6.45, 7) is 8.94. The van der Waals surface area contributed by atoms with Crippen molar-refractivity contribution in [3.8, 4) is 0 Å². The van der Waals surface area contributed by atoms with E-state index in [4.69, 9.17) is 0 Å². The summed E-state index contributed by atoms with van der Waals surface area (Å²) in [5, 5.41) is 3.44. The van der Waals surface area contributed by atoms with Crippen LogP contribution < -0.4 is 5.32 Å². The Morgan fingerprint density at radius 3 is 2.65 bits per heavy atom. The first-order chi connectivity index (χ1) is 11.1. The van der Waals surface area contributed by atoms with Crippen LogP contribution in [-0.2, 0) is 11.2 Å². The van der Waals surface area contributed by atoms with Gasteiger partial charge in [-0.2, -0.15) is 0 Å². The van der Waals surface area contributed by atoms with Gasteiger partial charge < -0.3 is 10.2 Å². The summed E-state index contributed by atoms with van der Waals surface area (Å²) in [5.74, 6) is -0.260. The van der Waals surface area contributed by atoms with E-state index in [0.29, 0.717) is 11.0 Å². The van der Waals surface area contributed by atoms with Gasteiger partial charge in [0.15, 0.2) is 0 Å². The van der Waals surface area contributed by atoms with Crippen molar-refractivity contribution in [1.29, 1.82) is 0 Å². The molecule has 4 nitrogen and oxygen atoms in total. The summed E-state index contributed by atoms with van der Waals surface area (Å²) < 4.78 is 13.7. The van der Waals surface area contributed by atoms with Gasteiger partial charge in [0.1, 0.15) is 5.82 Å². The third-order valence-corrected chi connectivity index (χ3v) is 5.09. The molecule has 2 aliphatic rings. The van der Waals surface area contributed by atoms with E-state index in [0.717, 1.165) is 45.8 Å². The Hall–Kier alpha value is -1.46. The fourth-order valence-electron chi connectivity index (χ4n) is 3.62. The van der Waals surface area contributed by atoms with Crippen LogP contribution in [0.3, 0.4) is 0 Å². The first kappa shape index (κ1) is 16.4. The van der Waals surface area contributed by atoms with Crippen molar-refractivity contribution in [3.05, 3.63) is 35.6 Å². The van der Waals surface area contributed by atoms with E-state index < -0.39 is 0 Å². The summed E-state index contributed by atoms with van der Waals surface area (Å²) in [7, 11) is 0. The van der Waals surface area contributed by atoms with Crippen molar-refractivity contribution in [2.24, 2.45) is 5.41 Å². The molecule has 0 radical (unpaired) electrons. The van der Waals surface area contributed by atoms with Crippen LogP contribution >= 0.6 is 0 Å². The molecule has 2 fully saturated rings. The molecule has 2 saturated heterocycles. The predicted molar refractivity (Wildman–Crippen MR) is 88.7 cm³/mol. The van der Waals surface area contributed by atoms with Gasteiger partial charge in [-0.3, -0.25) is 9.69 Å². The maximum absolute atomic E-state index is 13.7. The zero-order chi connectivity index (χ0) is 16.3. The molecule has 2 aliphatic heterocycles. The van der Waals surface area contributed by atoms with E-state index in [1.165, 1.54) is 12.5 Å². The topological polar surface area (TPSA) is 35.6 Å². The molecular formula is C18H26FN3O. The zero-order valence-corrected chi connectivity index (χ0v) is 13.9. The summed E-state index contributed by atoms with van der Waals surface area (Å²) in [4.78, 5) is 16.7. The van der Waals surface area contributed by atoms with E-state index in [9.17, 15) is 9.18 Å². The maximum Gasteiger partial charge on any atom is 0.227 e. The number of hydrogen-bond acceptors (Lipinski definition) is 3. The number of nitrogens with zero attached hydrogens (tertiary/aromatic N) is 2. The summed E-state index contributed by atoms with van der Waals surface area (Å²) in [5.41, 5.74) is 0.851. The summed E-state index contributed by atoms with van der Waals surface area (Å²) in [6, 6.07) is 6.54.